The molecule has 0 heterocycles. The number of sulfonamides is 1. The van der Waals surface area contributed by atoms with Crippen molar-refractivity contribution in [2.75, 3.05) is 13.6 Å². The van der Waals surface area contributed by atoms with Crippen molar-refractivity contribution in [3.63, 3.8) is 0 Å². The van der Waals surface area contributed by atoms with Crippen molar-refractivity contribution in [2.45, 2.75) is 30.3 Å². The van der Waals surface area contributed by atoms with E-state index < -0.39 is 16.1 Å². The largest absolute Gasteiger partial charge is 0.393 e. The summed E-state index contributed by atoms with van der Waals surface area (Å²) in [5.41, 5.74) is 0.320. The van der Waals surface area contributed by atoms with Gasteiger partial charge in [-0.25, -0.2) is 12.7 Å². The minimum Gasteiger partial charge on any atom is -0.393 e. The first-order valence-electron chi connectivity index (χ1n) is 6.59. The summed E-state index contributed by atoms with van der Waals surface area (Å²) in [5.74, 6) is -0.00563. The van der Waals surface area contributed by atoms with Gasteiger partial charge in [0.1, 0.15) is 0 Å². The number of hydrogen-bond acceptors (Lipinski definition) is 4. The molecule has 1 aliphatic rings. The van der Waals surface area contributed by atoms with Crippen molar-refractivity contribution in [3.05, 3.63) is 29.8 Å². The first-order valence-corrected chi connectivity index (χ1v) is 8.03. The van der Waals surface area contributed by atoms with E-state index in [0.717, 1.165) is 19.3 Å². The van der Waals surface area contributed by atoms with Gasteiger partial charge in [0.25, 0.3) is 0 Å². The summed E-state index contributed by atoms with van der Waals surface area (Å²) in [7, 11) is -2.10. The van der Waals surface area contributed by atoms with Crippen LogP contribution >= 0.6 is 0 Å². The monoisotopic (exact) mass is 294 g/mol. The van der Waals surface area contributed by atoms with Crippen molar-refractivity contribution in [3.8, 4) is 6.07 Å². The first-order chi connectivity index (χ1) is 9.45. The Labute approximate surface area is 119 Å². The fourth-order valence-electron chi connectivity index (χ4n) is 2.56. The van der Waals surface area contributed by atoms with Crippen LogP contribution in [0.1, 0.15) is 24.8 Å². The van der Waals surface area contributed by atoms with Gasteiger partial charge >= 0.3 is 0 Å². The van der Waals surface area contributed by atoms with E-state index in [-0.39, 0.29) is 10.8 Å². The van der Waals surface area contributed by atoms with Gasteiger partial charge < -0.3 is 5.11 Å². The summed E-state index contributed by atoms with van der Waals surface area (Å²) in [5, 5.41) is 18.6. The van der Waals surface area contributed by atoms with Gasteiger partial charge in [0.05, 0.1) is 22.6 Å². The molecule has 6 heteroatoms. The maximum atomic E-state index is 12.4. The zero-order valence-electron chi connectivity index (χ0n) is 11.4. The Hall–Kier alpha value is -1.42. The van der Waals surface area contributed by atoms with Crippen LogP contribution < -0.4 is 0 Å². The number of nitrogens with zero attached hydrogens (tertiary/aromatic N) is 2. The average Bonchev–Trinajstić information content (AvgIpc) is 2.84. The van der Waals surface area contributed by atoms with Crippen LogP contribution in [-0.2, 0) is 10.0 Å². The molecule has 1 aromatic rings. The van der Waals surface area contributed by atoms with Crippen molar-refractivity contribution in [1.82, 2.24) is 4.31 Å². The van der Waals surface area contributed by atoms with Gasteiger partial charge in [-0.15, -0.1) is 0 Å². The van der Waals surface area contributed by atoms with E-state index in [2.05, 4.69) is 0 Å². The van der Waals surface area contributed by atoms with Crippen LogP contribution in [0.15, 0.2) is 29.2 Å². The van der Waals surface area contributed by atoms with E-state index in [9.17, 15) is 13.5 Å². The molecule has 0 spiro atoms. The summed E-state index contributed by atoms with van der Waals surface area (Å²) in [6.45, 7) is 0.306. The number of benzene rings is 1. The van der Waals surface area contributed by atoms with Gasteiger partial charge in [-0.05, 0) is 37.0 Å². The standard InChI is InChI=1S/C14H18N2O3S/c1-16(10-12-5-3-7-14(12)17)20(18,19)13-6-2-4-11(8-13)9-15/h2,4,6,8,12,14,17H,3,5,7,10H2,1H3. The fraction of sp³-hybridized carbons (Fsp3) is 0.500. The SMILES string of the molecule is CN(CC1CCCC1O)S(=O)(=O)c1cccc(C#N)c1. The molecule has 1 aliphatic carbocycles. The summed E-state index contributed by atoms with van der Waals surface area (Å²) >= 11 is 0. The van der Waals surface area contributed by atoms with Crippen LogP contribution in [-0.4, -0.2) is 37.5 Å². The molecule has 5 nitrogen and oxygen atoms in total. The molecule has 2 unspecified atom stereocenters. The van der Waals surface area contributed by atoms with Gasteiger partial charge in [-0.1, -0.05) is 12.5 Å². The third kappa shape index (κ3) is 3.01. The highest BCUT2D eigenvalue weighted by Gasteiger charge is 2.30. The average molecular weight is 294 g/mol. The van der Waals surface area contributed by atoms with Crippen LogP contribution in [0.25, 0.3) is 0 Å². The van der Waals surface area contributed by atoms with Gasteiger partial charge in [-0.2, -0.15) is 5.26 Å². The number of aliphatic hydroxyl groups excluding tert-OH is 1. The Morgan fingerprint density at radius 1 is 1.45 bits per heavy atom. The van der Waals surface area contributed by atoms with E-state index in [0.29, 0.717) is 12.1 Å². The van der Waals surface area contributed by atoms with Crippen LogP contribution in [0, 0.1) is 17.2 Å². The Kier molecular flexibility index (Phi) is 4.43. The van der Waals surface area contributed by atoms with Crippen molar-refractivity contribution in [1.29, 1.82) is 5.26 Å². The molecule has 0 aromatic heterocycles. The summed E-state index contributed by atoms with van der Waals surface area (Å²) in [6, 6.07) is 7.92. The summed E-state index contributed by atoms with van der Waals surface area (Å²) in [4.78, 5) is 0.117. The zero-order valence-corrected chi connectivity index (χ0v) is 12.2. The maximum Gasteiger partial charge on any atom is 0.242 e. The van der Waals surface area contributed by atoms with Crippen LogP contribution in [0.5, 0.6) is 0 Å². The van der Waals surface area contributed by atoms with E-state index in [1.54, 1.807) is 12.1 Å². The van der Waals surface area contributed by atoms with E-state index in [1.807, 2.05) is 6.07 Å². The van der Waals surface area contributed by atoms with Crippen molar-refractivity contribution in [2.24, 2.45) is 5.92 Å². The van der Waals surface area contributed by atoms with Gasteiger partial charge in [0.2, 0.25) is 10.0 Å². The van der Waals surface area contributed by atoms with Gasteiger partial charge in [-0.3, -0.25) is 0 Å². The second-order valence-electron chi connectivity index (χ2n) is 5.18. The molecule has 108 valence electrons. The molecule has 1 saturated carbocycles. The lowest BCUT2D eigenvalue weighted by Gasteiger charge is -2.22. The summed E-state index contributed by atoms with van der Waals surface area (Å²) in [6.07, 6.45) is 2.10. The number of nitriles is 1. The Balaban J connectivity index is 2.18. The second-order valence-corrected chi connectivity index (χ2v) is 7.23. The van der Waals surface area contributed by atoms with Crippen molar-refractivity contribution >= 4 is 10.0 Å². The van der Waals surface area contributed by atoms with E-state index >= 15 is 0 Å². The van der Waals surface area contributed by atoms with Crippen molar-refractivity contribution < 1.29 is 13.5 Å². The topological polar surface area (TPSA) is 81.4 Å². The highest BCUT2D eigenvalue weighted by molar-refractivity contribution is 7.89. The van der Waals surface area contributed by atoms with E-state index in [1.165, 1.54) is 23.5 Å². The minimum absolute atomic E-state index is 0.00563. The maximum absolute atomic E-state index is 12.4. The van der Waals surface area contributed by atoms with Gasteiger partial charge in [0.15, 0.2) is 0 Å². The quantitative estimate of drug-likeness (QED) is 0.908. The van der Waals surface area contributed by atoms with Gasteiger partial charge in [0, 0.05) is 13.6 Å². The molecule has 0 saturated heterocycles. The van der Waals surface area contributed by atoms with Crippen LogP contribution in [0.4, 0.5) is 0 Å². The summed E-state index contributed by atoms with van der Waals surface area (Å²) < 4.78 is 26.1. The molecule has 1 N–H and O–H groups in total. The predicted octanol–water partition coefficient (Wildman–Crippen LogP) is 1.34. The highest BCUT2D eigenvalue weighted by atomic mass is 32.2. The molecule has 0 amide bonds. The molecule has 1 fully saturated rings. The molecular weight excluding hydrogens is 276 g/mol. The fourth-order valence-corrected chi connectivity index (χ4v) is 3.84. The molecule has 2 atom stereocenters. The van der Waals surface area contributed by atoms with E-state index in [4.69, 9.17) is 5.26 Å². The lowest BCUT2D eigenvalue weighted by atomic mass is 10.1. The third-order valence-electron chi connectivity index (χ3n) is 3.78. The predicted molar refractivity (Wildman–Crippen MR) is 74.3 cm³/mol. The molecule has 0 aliphatic heterocycles. The first kappa shape index (κ1) is 15.0. The smallest absolute Gasteiger partial charge is 0.242 e. The second kappa shape index (κ2) is 5.92. The van der Waals surface area contributed by atoms with Crippen LogP contribution in [0.3, 0.4) is 0 Å². The lowest BCUT2D eigenvalue weighted by molar-refractivity contribution is 0.123. The number of aliphatic hydroxyl groups is 1. The molecule has 0 bridgehead atoms. The number of rotatable bonds is 4. The Morgan fingerprint density at radius 3 is 2.80 bits per heavy atom. The molecular formula is C14H18N2O3S. The Morgan fingerprint density at radius 2 is 2.20 bits per heavy atom. The number of hydrogen-bond donors (Lipinski definition) is 1. The molecule has 2 rings (SSSR count). The normalized spacial score (nSPS) is 22.9. The Bertz CT molecular complexity index is 622. The van der Waals surface area contributed by atoms with Crippen LogP contribution in [0.2, 0.25) is 0 Å². The third-order valence-corrected chi connectivity index (χ3v) is 5.60. The minimum atomic E-state index is -3.61. The molecule has 1 aromatic carbocycles. The zero-order chi connectivity index (χ0) is 14.8. The molecule has 20 heavy (non-hydrogen) atoms. The highest BCUT2D eigenvalue weighted by Crippen LogP contribution is 2.27. The lowest BCUT2D eigenvalue weighted by Crippen LogP contribution is -2.34. The molecule has 0 radical (unpaired) electrons.